The number of nitrogens with zero attached hydrogens (tertiary/aromatic N) is 3. The average Bonchev–Trinajstić information content (AvgIpc) is 3.26. The standard InChI is InChI=1S/C24H28F2N4O2.C14H17FN2O.C9H13FN2/c1-3-27-20-13-18(26)5-4-16(20)15-28-23(32)30-10-8-24(9-11-30)14-22(31)19-12-17(25)6-7-21(19)29(24)2;1-17-12-3-2-10(15)8-11(12)13(18)9-14(17)4-6-16-7-5-14;1-2-12-9-5-8(10)4-3-7(9)6-11/h4-7,12-13,27H,3,8-11,14-15H2,1-2H3,(H,28,32);2-3,8,16H,4-7,9H2,1H3;3-5,12H,2,6,11H2,1H3. The number of carbonyl (C=O) groups excluding carboxylic acids is 3. The third kappa shape index (κ3) is 10.2. The summed E-state index contributed by atoms with van der Waals surface area (Å²) in [6.45, 7) is 8.96. The summed E-state index contributed by atoms with van der Waals surface area (Å²) in [6, 6.07) is 17.7. The summed E-state index contributed by atoms with van der Waals surface area (Å²) in [4.78, 5) is 43.7. The highest BCUT2D eigenvalue weighted by atomic mass is 19.1. The molecule has 2 spiro atoms. The summed E-state index contributed by atoms with van der Waals surface area (Å²) >= 11 is 0. The number of likely N-dealkylation sites (tertiary alicyclic amines) is 1. The molecule has 0 atom stereocenters. The van der Waals surface area contributed by atoms with E-state index in [4.69, 9.17) is 5.73 Å². The van der Waals surface area contributed by atoms with Gasteiger partial charge in [0.1, 0.15) is 23.3 Å². The number of ketones is 2. The van der Waals surface area contributed by atoms with E-state index in [1.54, 1.807) is 29.2 Å². The quantitative estimate of drug-likeness (QED) is 0.118. The normalized spacial score (nSPS) is 17.3. The van der Waals surface area contributed by atoms with Gasteiger partial charge in [0.15, 0.2) is 11.6 Å². The van der Waals surface area contributed by atoms with Crippen LogP contribution in [-0.2, 0) is 13.1 Å². The second-order valence-electron chi connectivity index (χ2n) is 16.4. The van der Waals surface area contributed by atoms with E-state index in [9.17, 15) is 31.9 Å². The first kappa shape index (κ1) is 45.8. The number of benzene rings is 4. The number of fused-ring (bicyclic) bond motifs is 2. The Morgan fingerprint density at radius 3 is 1.58 bits per heavy atom. The summed E-state index contributed by atoms with van der Waals surface area (Å²) in [5.41, 5.74) is 10.8. The molecule has 0 radical (unpaired) electrons. The molecule has 0 aliphatic carbocycles. The van der Waals surface area contributed by atoms with Crippen molar-refractivity contribution in [2.45, 2.75) is 76.5 Å². The number of anilines is 4. The number of Topliss-reactive ketones (excluding diaryl/α,β-unsaturated/α-hetero) is 2. The van der Waals surface area contributed by atoms with Gasteiger partial charge >= 0.3 is 6.03 Å². The van der Waals surface area contributed by atoms with E-state index in [1.807, 2.05) is 27.9 Å². The Morgan fingerprint density at radius 2 is 1.10 bits per heavy atom. The van der Waals surface area contributed by atoms with Gasteiger partial charge in [-0.25, -0.2) is 22.4 Å². The van der Waals surface area contributed by atoms with E-state index in [-0.39, 0.29) is 46.1 Å². The molecule has 11 nitrogen and oxygen atoms in total. The van der Waals surface area contributed by atoms with E-state index < -0.39 is 5.82 Å². The Balaban J connectivity index is 0.000000178. The van der Waals surface area contributed by atoms with Gasteiger partial charge < -0.3 is 41.7 Å². The third-order valence-electron chi connectivity index (χ3n) is 12.7. The van der Waals surface area contributed by atoms with Gasteiger partial charge in [-0.1, -0.05) is 12.1 Å². The summed E-state index contributed by atoms with van der Waals surface area (Å²) < 4.78 is 53.1. The fraction of sp³-hybridized carbons (Fsp3) is 0.426. The zero-order chi connectivity index (χ0) is 44.6. The second kappa shape index (κ2) is 20.0. The molecule has 0 aromatic heterocycles. The number of hydrogen-bond donors (Lipinski definition) is 5. The number of nitrogens with two attached hydrogens (primary N) is 1. The highest BCUT2D eigenvalue weighted by Crippen LogP contribution is 2.43. The molecular weight excluding hydrogens is 801 g/mol. The fourth-order valence-corrected chi connectivity index (χ4v) is 9.05. The molecule has 2 amide bonds. The lowest BCUT2D eigenvalue weighted by Crippen LogP contribution is -2.59. The van der Waals surface area contributed by atoms with Crippen LogP contribution in [0.25, 0.3) is 0 Å². The van der Waals surface area contributed by atoms with Gasteiger partial charge in [-0.3, -0.25) is 9.59 Å². The smallest absolute Gasteiger partial charge is 0.317 e. The van der Waals surface area contributed by atoms with Crippen molar-refractivity contribution in [2.24, 2.45) is 5.73 Å². The Labute approximate surface area is 361 Å². The van der Waals surface area contributed by atoms with Crippen molar-refractivity contribution >= 4 is 40.3 Å². The summed E-state index contributed by atoms with van der Waals surface area (Å²) in [5, 5.41) is 12.4. The number of halogens is 4. The molecule has 0 saturated carbocycles. The maximum atomic E-state index is 13.6. The predicted molar refractivity (Wildman–Crippen MR) is 237 cm³/mol. The van der Waals surface area contributed by atoms with Crippen molar-refractivity contribution in [1.82, 2.24) is 15.5 Å². The Kier molecular flexibility index (Phi) is 14.8. The second-order valence-corrected chi connectivity index (χ2v) is 16.4. The first-order valence-electron chi connectivity index (χ1n) is 21.3. The molecule has 4 heterocycles. The number of rotatable bonds is 7. The van der Waals surface area contributed by atoms with Gasteiger partial charge in [-0.05, 0) is 124 Å². The minimum absolute atomic E-state index is 0.0530. The molecule has 62 heavy (non-hydrogen) atoms. The molecule has 2 fully saturated rings. The molecule has 15 heteroatoms. The van der Waals surface area contributed by atoms with Gasteiger partial charge in [0, 0.05) is 106 Å². The van der Waals surface area contributed by atoms with Crippen molar-refractivity contribution in [3.63, 3.8) is 0 Å². The minimum Gasteiger partial charge on any atom is -0.385 e. The minimum atomic E-state index is -0.411. The highest BCUT2D eigenvalue weighted by Gasteiger charge is 2.46. The van der Waals surface area contributed by atoms with Crippen LogP contribution >= 0.6 is 0 Å². The van der Waals surface area contributed by atoms with Crippen LogP contribution in [0.5, 0.6) is 0 Å². The molecule has 4 aromatic rings. The zero-order valence-corrected chi connectivity index (χ0v) is 36.0. The lowest BCUT2D eigenvalue weighted by molar-refractivity contribution is 0.0887. The predicted octanol–water partition coefficient (Wildman–Crippen LogP) is 7.85. The van der Waals surface area contributed by atoms with Crippen LogP contribution in [0.4, 0.5) is 45.1 Å². The van der Waals surface area contributed by atoms with E-state index in [2.05, 4.69) is 31.1 Å². The van der Waals surface area contributed by atoms with Crippen molar-refractivity contribution in [3.8, 4) is 0 Å². The fourth-order valence-electron chi connectivity index (χ4n) is 9.05. The van der Waals surface area contributed by atoms with Crippen LogP contribution in [-0.4, -0.2) is 86.9 Å². The maximum absolute atomic E-state index is 13.6. The first-order valence-corrected chi connectivity index (χ1v) is 21.3. The Morgan fingerprint density at radius 1 is 0.661 bits per heavy atom. The first-order chi connectivity index (χ1) is 29.7. The molecule has 8 rings (SSSR count). The van der Waals surface area contributed by atoms with Crippen molar-refractivity contribution < 1.29 is 31.9 Å². The van der Waals surface area contributed by atoms with E-state index >= 15 is 0 Å². The van der Waals surface area contributed by atoms with E-state index in [0.29, 0.717) is 75.2 Å². The van der Waals surface area contributed by atoms with Crippen LogP contribution in [0.2, 0.25) is 0 Å². The zero-order valence-electron chi connectivity index (χ0n) is 36.0. The molecule has 4 aliphatic rings. The van der Waals surface area contributed by atoms with Gasteiger partial charge in [0.05, 0.1) is 5.54 Å². The molecule has 4 aliphatic heterocycles. The van der Waals surface area contributed by atoms with Gasteiger partial charge in [0.2, 0.25) is 0 Å². The summed E-state index contributed by atoms with van der Waals surface area (Å²) in [6.07, 6.45) is 4.05. The molecule has 0 bridgehead atoms. The van der Waals surface area contributed by atoms with Gasteiger partial charge in [-0.2, -0.15) is 0 Å². The SMILES string of the molecule is CCNc1cc(F)ccc1CN.CCNc1cc(F)ccc1CNC(=O)N1CCC2(CC1)CC(=O)c1cc(F)ccc1N2C.CN1c2ccc(F)cc2C(=O)CC12CCNCC2. The van der Waals surface area contributed by atoms with Crippen LogP contribution in [0.3, 0.4) is 0 Å². The number of piperidine rings is 2. The monoisotopic (exact) mass is 858 g/mol. The van der Waals surface area contributed by atoms with Gasteiger partial charge in [0.25, 0.3) is 0 Å². The molecular formula is C47H58F4N8O3. The van der Waals surface area contributed by atoms with Crippen LogP contribution in [0, 0.1) is 23.3 Å². The topological polar surface area (TPSA) is 135 Å². The van der Waals surface area contributed by atoms with E-state index in [1.165, 1.54) is 48.5 Å². The molecule has 2 saturated heterocycles. The molecule has 4 aromatic carbocycles. The number of nitrogens with one attached hydrogen (secondary N) is 4. The third-order valence-corrected chi connectivity index (χ3v) is 12.7. The highest BCUT2D eigenvalue weighted by molar-refractivity contribution is 6.05. The molecule has 332 valence electrons. The summed E-state index contributed by atoms with van der Waals surface area (Å²) in [7, 11) is 3.96. The molecule has 6 N–H and O–H groups in total. The molecule has 0 unspecified atom stereocenters. The van der Waals surface area contributed by atoms with Crippen molar-refractivity contribution in [2.75, 3.05) is 73.8 Å². The van der Waals surface area contributed by atoms with Crippen molar-refractivity contribution in [3.05, 3.63) is 118 Å². The number of urea groups is 1. The van der Waals surface area contributed by atoms with Crippen LogP contribution < -0.4 is 36.8 Å². The Bertz CT molecular complexity index is 2240. The number of hydrogen-bond acceptors (Lipinski definition) is 9. The number of amides is 2. The number of carbonyl (C=O) groups is 3. The summed E-state index contributed by atoms with van der Waals surface area (Å²) in [5.74, 6) is -1.29. The Hall–Kier alpha value is -5.67. The largest absolute Gasteiger partial charge is 0.385 e. The van der Waals surface area contributed by atoms with Crippen molar-refractivity contribution in [1.29, 1.82) is 0 Å². The maximum Gasteiger partial charge on any atom is 0.317 e. The van der Waals surface area contributed by atoms with Crippen LogP contribution in [0.1, 0.15) is 84.2 Å². The lowest BCUT2D eigenvalue weighted by atomic mass is 9.77. The average molecular weight is 859 g/mol. The van der Waals surface area contributed by atoms with E-state index in [0.717, 1.165) is 60.7 Å². The van der Waals surface area contributed by atoms with Gasteiger partial charge in [-0.15, -0.1) is 0 Å². The van der Waals surface area contributed by atoms with Crippen LogP contribution in [0.15, 0.2) is 72.8 Å². The lowest BCUT2D eigenvalue weighted by Gasteiger charge is -2.50.